The molecule has 0 bridgehead atoms. The van der Waals surface area contributed by atoms with Crippen molar-refractivity contribution >= 4 is 17.7 Å². The molecule has 4 rings (SSSR count). The summed E-state index contributed by atoms with van der Waals surface area (Å²) in [6.07, 6.45) is 7.65. The van der Waals surface area contributed by atoms with Crippen LogP contribution in [0.1, 0.15) is 17.0 Å². The van der Waals surface area contributed by atoms with Crippen LogP contribution >= 0.6 is 0 Å². The van der Waals surface area contributed by atoms with Crippen LogP contribution in [0.25, 0.3) is 17.6 Å². The third-order valence-electron chi connectivity index (χ3n) is 4.50. The number of nitrogens with one attached hydrogen (secondary N) is 1. The van der Waals surface area contributed by atoms with E-state index in [9.17, 15) is 9.18 Å². The van der Waals surface area contributed by atoms with Crippen LogP contribution in [0, 0.1) is 19.7 Å². The standard InChI is InChI=1S/C21H18FN7O/c1-14-18(15(2)29(27-14)17-7-5-16(22)6-8-17)9-10-20(30)26-19-4-3-11-24-21(19)28-13-23-12-25-28/h3-13H,1-2H3,(H,26,30)/b10-9+. The largest absolute Gasteiger partial charge is 0.319 e. The van der Waals surface area contributed by atoms with E-state index in [-0.39, 0.29) is 11.7 Å². The van der Waals surface area contributed by atoms with Gasteiger partial charge in [0.25, 0.3) is 0 Å². The van der Waals surface area contributed by atoms with E-state index in [1.54, 1.807) is 41.2 Å². The third-order valence-corrected chi connectivity index (χ3v) is 4.50. The Hall–Kier alpha value is -4.14. The lowest BCUT2D eigenvalue weighted by molar-refractivity contribution is -0.111. The molecule has 1 amide bonds. The van der Waals surface area contributed by atoms with Crippen LogP contribution in [0.5, 0.6) is 0 Å². The summed E-state index contributed by atoms with van der Waals surface area (Å²) < 4.78 is 16.4. The Morgan fingerprint density at radius 1 is 1.17 bits per heavy atom. The lowest BCUT2D eigenvalue weighted by Gasteiger charge is -2.07. The number of aromatic nitrogens is 6. The van der Waals surface area contributed by atoms with Crippen molar-refractivity contribution in [1.82, 2.24) is 29.5 Å². The molecule has 150 valence electrons. The summed E-state index contributed by atoms with van der Waals surface area (Å²) in [5, 5.41) is 11.4. The molecule has 0 saturated heterocycles. The summed E-state index contributed by atoms with van der Waals surface area (Å²) in [5.74, 6) is -0.163. The van der Waals surface area contributed by atoms with Crippen LogP contribution in [0.3, 0.4) is 0 Å². The van der Waals surface area contributed by atoms with Crippen molar-refractivity contribution < 1.29 is 9.18 Å². The van der Waals surface area contributed by atoms with Crippen molar-refractivity contribution in [3.05, 3.63) is 84.1 Å². The molecule has 8 nitrogen and oxygen atoms in total. The average Bonchev–Trinajstić information content (AvgIpc) is 3.36. The van der Waals surface area contributed by atoms with Gasteiger partial charge in [0, 0.05) is 23.5 Å². The highest BCUT2D eigenvalue weighted by Crippen LogP contribution is 2.20. The highest BCUT2D eigenvalue weighted by molar-refractivity contribution is 6.02. The van der Waals surface area contributed by atoms with Gasteiger partial charge in [0.05, 0.1) is 17.1 Å². The van der Waals surface area contributed by atoms with Crippen LogP contribution in [-0.4, -0.2) is 35.4 Å². The molecule has 4 aromatic rings. The predicted octanol–water partition coefficient (Wildman–Crippen LogP) is 3.26. The molecule has 30 heavy (non-hydrogen) atoms. The second-order valence-corrected chi connectivity index (χ2v) is 6.51. The van der Waals surface area contributed by atoms with Gasteiger partial charge in [0.15, 0.2) is 5.82 Å². The van der Waals surface area contributed by atoms with E-state index in [4.69, 9.17) is 0 Å². The van der Waals surface area contributed by atoms with Gasteiger partial charge in [-0.1, -0.05) is 0 Å². The van der Waals surface area contributed by atoms with Crippen LogP contribution in [0.2, 0.25) is 0 Å². The Morgan fingerprint density at radius 3 is 2.70 bits per heavy atom. The summed E-state index contributed by atoms with van der Waals surface area (Å²) in [6.45, 7) is 3.75. The highest BCUT2D eigenvalue weighted by Gasteiger charge is 2.12. The van der Waals surface area contributed by atoms with Gasteiger partial charge in [-0.05, 0) is 56.3 Å². The number of hydrogen-bond acceptors (Lipinski definition) is 5. The molecule has 1 N–H and O–H groups in total. The number of anilines is 1. The van der Waals surface area contributed by atoms with Crippen LogP contribution in [-0.2, 0) is 4.79 Å². The molecule has 1 aromatic carbocycles. The van der Waals surface area contributed by atoms with Gasteiger partial charge in [0.2, 0.25) is 5.91 Å². The van der Waals surface area contributed by atoms with Gasteiger partial charge in [-0.2, -0.15) is 10.2 Å². The fraction of sp³-hybridized carbons (Fsp3) is 0.0952. The fourth-order valence-corrected chi connectivity index (χ4v) is 3.06. The lowest BCUT2D eigenvalue weighted by Crippen LogP contribution is -2.12. The van der Waals surface area contributed by atoms with E-state index in [1.165, 1.54) is 35.5 Å². The Kier molecular flexibility index (Phi) is 5.17. The second kappa shape index (κ2) is 8.08. The SMILES string of the molecule is Cc1nn(-c2ccc(F)cc2)c(C)c1/C=C/C(=O)Nc1cccnc1-n1cncn1. The van der Waals surface area contributed by atoms with Crippen LogP contribution in [0.15, 0.2) is 61.3 Å². The van der Waals surface area contributed by atoms with E-state index < -0.39 is 0 Å². The molecule has 0 aliphatic carbocycles. The van der Waals surface area contributed by atoms with Gasteiger partial charge in [0.1, 0.15) is 18.5 Å². The van der Waals surface area contributed by atoms with E-state index >= 15 is 0 Å². The van der Waals surface area contributed by atoms with Gasteiger partial charge in [-0.15, -0.1) is 0 Å². The lowest BCUT2D eigenvalue weighted by atomic mass is 10.2. The molecule has 0 aliphatic heterocycles. The van der Waals surface area contributed by atoms with Crippen LogP contribution in [0.4, 0.5) is 10.1 Å². The topological polar surface area (TPSA) is 90.5 Å². The molecular weight excluding hydrogens is 385 g/mol. The summed E-state index contributed by atoms with van der Waals surface area (Å²) >= 11 is 0. The minimum absolute atomic E-state index is 0.308. The number of carbonyl (C=O) groups is 1. The molecular formula is C21H18FN7O. The third kappa shape index (κ3) is 3.86. The highest BCUT2D eigenvalue weighted by atomic mass is 19.1. The van der Waals surface area contributed by atoms with E-state index in [1.807, 2.05) is 13.8 Å². The molecule has 0 aliphatic rings. The molecule has 0 radical (unpaired) electrons. The summed E-state index contributed by atoms with van der Waals surface area (Å²) in [7, 11) is 0. The smallest absolute Gasteiger partial charge is 0.248 e. The first-order valence-electron chi connectivity index (χ1n) is 9.14. The first-order chi connectivity index (χ1) is 14.5. The Balaban J connectivity index is 1.55. The summed E-state index contributed by atoms with van der Waals surface area (Å²) in [6, 6.07) is 9.54. The maximum atomic E-state index is 13.2. The van der Waals surface area contributed by atoms with Crippen molar-refractivity contribution in [2.24, 2.45) is 0 Å². The van der Waals surface area contributed by atoms with Crippen molar-refractivity contribution in [2.45, 2.75) is 13.8 Å². The Bertz CT molecular complexity index is 1210. The zero-order valence-corrected chi connectivity index (χ0v) is 16.3. The molecule has 0 atom stereocenters. The summed E-state index contributed by atoms with van der Waals surface area (Å²) in [5.41, 5.74) is 3.66. The predicted molar refractivity (Wildman–Crippen MR) is 110 cm³/mol. The first-order valence-corrected chi connectivity index (χ1v) is 9.14. The average molecular weight is 403 g/mol. The van der Waals surface area contributed by atoms with Crippen LogP contribution < -0.4 is 5.32 Å². The molecule has 9 heteroatoms. The molecule has 0 unspecified atom stereocenters. The number of rotatable bonds is 5. The minimum atomic E-state index is -0.322. The monoisotopic (exact) mass is 403 g/mol. The number of hydrogen-bond donors (Lipinski definition) is 1. The maximum absolute atomic E-state index is 13.2. The molecule has 0 fully saturated rings. The molecule has 3 aromatic heterocycles. The van der Waals surface area contributed by atoms with Gasteiger partial charge in [-0.25, -0.2) is 23.7 Å². The number of halogens is 1. The van der Waals surface area contributed by atoms with Crippen molar-refractivity contribution in [3.63, 3.8) is 0 Å². The fourth-order valence-electron chi connectivity index (χ4n) is 3.06. The number of pyridine rings is 1. The number of carbonyl (C=O) groups excluding carboxylic acids is 1. The quantitative estimate of drug-likeness (QED) is 0.517. The van der Waals surface area contributed by atoms with E-state index in [2.05, 4.69) is 25.5 Å². The number of aryl methyl sites for hydroxylation is 1. The van der Waals surface area contributed by atoms with Crippen molar-refractivity contribution in [3.8, 4) is 11.5 Å². The molecule has 3 heterocycles. The van der Waals surface area contributed by atoms with E-state index in [0.717, 1.165) is 22.6 Å². The van der Waals surface area contributed by atoms with Gasteiger partial charge >= 0.3 is 0 Å². The normalized spacial score (nSPS) is 11.2. The zero-order chi connectivity index (χ0) is 21.1. The first kappa shape index (κ1) is 19.2. The molecule has 0 saturated carbocycles. The maximum Gasteiger partial charge on any atom is 0.248 e. The number of benzene rings is 1. The van der Waals surface area contributed by atoms with Crippen molar-refractivity contribution in [2.75, 3.05) is 5.32 Å². The van der Waals surface area contributed by atoms with Gasteiger partial charge in [-0.3, -0.25) is 4.79 Å². The Morgan fingerprint density at radius 2 is 1.97 bits per heavy atom. The summed E-state index contributed by atoms with van der Waals surface area (Å²) in [4.78, 5) is 20.7. The van der Waals surface area contributed by atoms with Crippen molar-refractivity contribution in [1.29, 1.82) is 0 Å². The zero-order valence-electron chi connectivity index (χ0n) is 16.3. The Labute approximate surface area is 171 Å². The number of amides is 1. The minimum Gasteiger partial charge on any atom is -0.319 e. The van der Waals surface area contributed by atoms with E-state index in [0.29, 0.717) is 11.5 Å². The van der Waals surface area contributed by atoms with Gasteiger partial charge < -0.3 is 5.32 Å². The molecule has 0 spiro atoms. The second-order valence-electron chi connectivity index (χ2n) is 6.51. The number of nitrogens with zero attached hydrogens (tertiary/aromatic N) is 6.